The van der Waals surface area contributed by atoms with Gasteiger partial charge in [0.25, 0.3) is 11.5 Å². The molecule has 25 heavy (non-hydrogen) atoms. The van der Waals surface area contributed by atoms with E-state index in [0.717, 1.165) is 6.08 Å². The van der Waals surface area contributed by atoms with Crippen molar-refractivity contribution in [3.05, 3.63) is 81.1 Å². The summed E-state index contributed by atoms with van der Waals surface area (Å²) >= 11 is 0. The molecule has 1 amide bonds. The molecular weight excluding hydrogens is 322 g/mol. The molecule has 130 valence electrons. The van der Waals surface area contributed by atoms with Gasteiger partial charge in [-0.1, -0.05) is 24.8 Å². The first-order chi connectivity index (χ1) is 12.0. The maximum absolute atomic E-state index is 12.5. The van der Waals surface area contributed by atoms with Crippen molar-refractivity contribution in [2.45, 2.75) is 19.9 Å². The van der Waals surface area contributed by atoms with Gasteiger partial charge < -0.3 is 5.32 Å². The number of carbonyl (C=O) groups excluding carboxylic acids is 2. The van der Waals surface area contributed by atoms with Gasteiger partial charge in [-0.3, -0.25) is 19.0 Å². The van der Waals surface area contributed by atoms with Gasteiger partial charge in [-0.2, -0.15) is 4.57 Å². The van der Waals surface area contributed by atoms with Crippen molar-refractivity contribution in [1.29, 1.82) is 0 Å². The first kappa shape index (κ1) is 18.1. The monoisotopic (exact) mass is 341 g/mol. The molecule has 0 aliphatic heterocycles. The van der Waals surface area contributed by atoms with Gasteiger partial charge in [-0.25, -0.2) is 4.79 Å². The van der Waals surface area contributed by atoms with E-state index in [2.05, 4.69) is 11.9 Å². The van der Waals surface area contributed by atoms with Crippen molar-refractivity contribution in [1.82, 2.24) is 14.5 Å². The summed E-state index contributed by atoms with van der Waals surface area (Å²) in [7, 11) is 0. The van der Waals surface area contributed by atoms with Gasteiger partial charge >= 0.3 is 5.69 Å². The standard InChI is InChI=1S/C18H19N3O4/c1-3-15(22)19-10-7-11-20-12-13(2)16(23)21(18(20)25)17(24)14-8-5-4-6-9-14/h3-6,8-9,12H,1,7,10-11H2,2H3,(H,19,22). The molecule has 7 nitrogen and oxygen atoms in total. The third kappa shape index (κ3) is 4.20. The fraction of sp³-hybridized carbons (Fsp3) is 0.222. The van der Waals surface area contributed by atoms with Crippen molar-refractivity contribution < 1.29 is 9.59 Å². The number of nitrogens with one attached hydrogen (secondary N) is 1. The highest BCUT2D eigenvalue weighted by Gasteiger charge is 2.17. The molecule has 1 N–H and O–H groups in total. The largest absolute Gasteiger partial charge is 0.353 e. The van der Waals surface area contributed by atoms with Crippen LogP contribution in [0.15, 0.2) is 58.8 Å². The maximum Gasteiger partial charge on any atom is 0.338 e. The highest BCUT2D eigenvalue weighted by molar-refractivity contribution is 5.95. The average molecular weight is 341 g/mol. The molecule has 1 aromatic heterocycles. The van der Waals surface area contributed by atoms with Crippen LogP contribution < -0.4 is 16.6 Å². The number of aryl methyl sites for hydroxylation is 2. The van der Waals surface area contributed by atoms with Crippen molar-refractivity contribution in [3.8, 4) is 0 Å². The van der Waals surface area contributed by atoms with Crippen molar-refractivity contribution >= 4 is 11.8 Å². The molecule has 7 heteroatoms. The summed E-state index contributed by atoms with van der Waals surface area (Å²) in [5.74, 6) is -0.958. The number of benzene rings is 1. The molecule has 0 radical (unpaired) electrons. The zero-order chi connectivity index (χ0) is 18.4. The summed E-state index contributed by atoms with van der Waals surface area (Å²) in [6.07, 6.45) is 3.06. The zero-order valence-electron chi connectivity index (χ0n) is 13.9. The van der Waals surface area contributed by atoms with Crippen LogP contribution in [0, 0.1) is 6.92 Å². The smallest absolute Gasteiger partial charge is 0.338 e. The third-order valence-electron chi connectivity index (χ3n) is 3.61. The topological polar surface area (TPSA) is 90.2 Å². The average Bonchev–Trinajstić information content (AvgIpc) is 2.63. The molecule has 0 fully saturated rings. The Balaban J connectivity index is 2.29. The van der Waals surface area contributed by atoms with Gasteiger partial charge in [-0.05, 0) is 31.6 Å². The molecule has 0 spiro atoms. The van der Waals surface area contributed by atoms with E-state index < -0.39 is 17.2 Å². The summed E-state index contributed by atoms with van der Waals surface area (Å²) < 4.78 is 1.95. The minimum absolute atomic E-state index is 0.261. The molecule has 2 aromatic rings. The number of aromatic nitrogens is 2. The Morgan fingerprint density at radius 2 is 1.88 bits per heavy atom. The molecule has 1 heterocycles. The summed E-state index contributed by atoms with van der Waals surface area (Å²) in [5, 5.41) is 2.60. The Morgan fingerprint density at radius 1 is 1.20 bits per heavy atom. The first-order valence-electron chi connectivity index (χ1n) is 7.79. The highest BCUT2D eigenvalue weighted by Crippen LogP contribution is 2.00. The number of carbonyl (C=O) groups is 2. The number of amides is 1. The number of rotatable bonds is 6. The first-order valence-corrected chi connectivity index (χ1v) is 7.79. The summed E-state index contributed by atoms with van der Waals surface area (Å²) in [4.78, 5) is 48.5. The van der Waals surface area contributed by atoms with Gasteiger partial charge in [0.15, 0.2) is 0 Å². The van der Waals surface area contributed by atoms with E-state index >= 15 is 0 Å². The lowest BCUT2D eigenvalue weighted by atomic mass is 10.2. The van der Waals surface area contributed by atoms with Crippen LogP contribution in [-0.2, 0) is 11.3 Å². The van der Waals surface area contributed by atoms with Crippen LogP contribution in [0.1, 0.15) is 22.3 Å². The molecule has 0 bridgehead atoms. The van der Waals surface area contributed by atoms with Gasteiger partial charge in [-0.15, -0.1) is 0 Å². The summed E-state index contributed by atoms with van der Waals surface area (Å²) in [5.41, 5.74) is -0.773. The summed E-state index contributed by atoms with van der Waals surface area (Å²) in [6.45, 7) is 5.51. The Hall–Kier alpha value is -3.22. The zero-order valence-corrected chi connectivity index (χ0v) is 13.9. The van der Waals surface area contributed by atoms with Crippen LogP contribution in [0.5, 0.6) is 0 Å². The van der Waals surface area contributed by atoms with E-state index in [1.54, 1.807) is 37.3 Å². The second-order valence-corrected chi connectivity index (χ2v) is 5.45. The SMILES string of the molecule is C=CC(=O)NCCCn1cc(C)c(=O)n(C(=O)c2ccccc2)c1=O. The lowest BCUT2D eigenvalue weighted by molar-refractivity contribution is -0.116. The van der Waals surface area contributed by atoms with Gasteiger partial charge in [0, 0.05) is 30.4 Å². The maximum atomic E-state index is 12.5. The van der Waals surface area contributed by atoms with E-state index in [4.69, 9.17) is 0 Å². The van der Waals surface area contributed by atoms with Gasteiger partial charge in [0.05, 0.1) is 0 Å². The Morgan fingerprint density at radius 3 is 2.52 bits per heavy atom. The van der Waals surface area contributed by atoms with E-state index in [0.29, 0.717) is 23.1 Å². The van der Waals surface area contributed by atoms with Crippen molar-refractivity contribution in [2.75, 3.05) is 6.54 Å². The fourth-order valence-corrected chi connectivity index (χ4v) is 2.32. The number of nitrogens with zero attached hydrogens (tertiary/aromatic N) is 2. The van der Waals surface area contributed by atoms with Crippen LogP contribution in [0.2, 0.25) is 0 Å². The molecule has 0 aliphatic rings. The van der Waals surface area contributed by atoms with E-state index in [-0.39, 0.29) is 18.0 Å². The quantitative estimate of drug-likeness (QED) is 0.618. The van der Waals surface area contributed by atoms with Crippen LogP contribution in [0.4, 0.5) is 0 Å². The van der Waals surface area contributed by atoms with Gasteiger partial charge in [0.2, 0.25) is 5.91 Å². The predicted octanol–water partition coefficient (Wildman–Crippen LogP) is 0.699. The molecular formula is C18H19N3O4. The molecule has 0 aliphatic carbocycles. The number of hydrogen-bond acceptors (Lipinski definition) is 4. The molecule has 2 rings (SSSR count). The van der Waals surface area contributed by atoms with Crippen LogP contribution in [0.25, 0.3) is 0 Å². The lowest BCUT2D eigenvalue weighted by Gasteiger charge is -2.11. The molecule has 0 saturated heterocycles. The van der Waals surface area contributed by atoms with Gasteiger partial charge in [0.1, 0.15) is 0 Å². The van der Waals surface area contributed by atoms with E-state index in [1.165, 1.54) is 10.8 Å². The predicted molar refractivity (Wildman–Crippen MR) is 93.7 cm³/mol. The molecule has 0 unspecified atom stereocenters. The Bertz CT molecular complexity index is 910. The third-order valence-corrected chi connectivity index (χ3v) is 3.61. The number of hydrogen-bond donors (Lipinski definition) is 1. The van der Waals surface area contributed by atoms with Crippen molar-refractivity contribution in [3.63, 3.8) is 0 Å². The Labute approximate surface area is 144 Å². The van der Waals surface area contributed by atoms with E-state index in [1.807, 2.05) is 0 Å². The van der Waals surface area contributed by atoms with Crippen LogP contribution in [0.3, 0.4) is 0 Å². The minimum atomic E-state index is -0.695. The Kier molecular flexibility index (Phi) is 5.84. The normalized spacial score (nSPS) is 10.3. The molecule has 1 aromatic carbocycles. The van der Waals surface area contributed by atoms with E-state index in [9.17, 15) is 19.2 Å². The van der Waals surface area contributed by atoms with Crippen LogP contribution >= 0.6 is 0 Å². The second kappa shape index (κ2) is 8.05. The van der Waals surface area contributed by atoms with Crippen molar-refractivity contribution in [2.24, 2.45) is 0 Å². The molecule has 0 saturated carbocycles. The fourth-order valence-electron chi connectivity index (χ4n) is 2.32. The highest BCUT2D eigenvalue weighted by atomic mass is 16.2. The van der Waals surface area contributed by atoms with Crippen LogP contribution in [-0.4, -0.2) is 27.5 Å². The molecule has 0 atom stereocenters. The lowest BCUT2D eigenvalue weighted by Crippen LogP contribution is -2.44. The second-order valence-electron chi connectivity index (χ2n) is 5.45. The summed E-state index contributed by atoms with van der Waals surface area (Å²) in [6, 6.07) is 8.16. The minimum Gasteiger partial charge on any atom is -0.353 e.